The lowest BCUT2D eigenvalue weighted by Crippen LogP contribution is -2.20. The second-order valence-electron chi connectivity index (χ2n) is 2.65. The van der Waals surface area contributed by atoms with E-state index in [4.69, 9.17) is 16.7 Å². The zero-order valence-electron chi connectivity index (χ0n) is 6.96. The molecule has 68 valence electrons. The van der Waals surface area contributed by atoms with Gasteiger partial charge < -0.3 is 5.11 Å². The van der Waals surface area contributed by atoms with Crippen LogP contribution in [0.4, 0.5) is 0 Å². The molecule has 0 aliphatic rings. The minimum Gasteiger partial charge on any atom is -0.395 e. The molecule has 0 fully saturated rings. The van der Waals surface area contributed by atoms with E-state index in [0.717, 1.165) is 16.4 Å². The van der Waals surface area contributed by atoms with E-state index in [9.17, 15) is 0 Å². The van der Waals surface area contributed by atoms with Crippen molar-refractivity contribution in [3.8, 4) is 0 Å². The first-order valence-corrected chi connectivity index (χ1v) is 5.01. The molecule has 0 radical (unpaired) electrons. The smallest absolute Gasteiger partial charge is 0.0558 e. The van der Waals surface area contributed by atoms with Crippen molar-refractivity contribution >= 4 is 22.9 Å². The van der Waals surface area contributed by atoms with Crippen LogP contribution in [0, 0.1) is 0 Å². The predicted molar refractivity (Wildman–Crippen MR) is 52.7 cm³/mol. The Morgan fingerprint density at radius 1 is 1.67 bits per heavy atom. The number of halogens is 1. The van der Waals surface area contributed by atoms with E-state index < -0.39 is 0 Å². The summed E-state index contributed by atoms with van der Waals surface area (Å²) < 4.78 is 0. The monoisotopic (exact) mass is 205 g/mol. The van der Waals surface area contributed by atoms with Crippen molar-refractivity contribution in [3.63, 3.8) is 0 Å². The molecule has 12 heavy (non-hydrogen) atoms. The van der Waals surface area contributed by atoms with Crippen LogP contribution in [0.2, 0.25) is 5.02 Å². The van der Waals surface area contributed by atoms with Crippen LogP contribution < -0.4 is 0 Å². The Kier molecular flexibility index (Phi) is 4.01. The van der Waals surface area contributed by atoms with Gasteiger partial charge in [0, 0.05) is 18.0 Å². The minimum atomic E-state index is 0.194. The van der Waals surface area contributed by atoms with E-state index in [1.807, 2.05) is 23.4 Å². The molecule has 0 aliphatic heterocycles. The Morgan fingerprint density at radius 3 is 2.92 bits per heavy atom. The van der Waals surface area contributed by atoms with Gasteiger partial charge in [-0.25, -0.2) is 0 Å². The van der Waals surface area contributed by atoms with Gasteiger partial charge in [0.05, 0.1) is 11.6 Å². The summed E-state index contributed by atoms with van der Waals surface area (Å²) in [6.07, 6.45) is 0. The van der Waals surface area contributed by atoms with Crippen molar-refractivity contribution in [2.45, 2.75) is 6.54 Å². The van der Waals surface area contributed by atoms with E-state index in [-0.39, 0.29) is 6.61 Å². The summed E-state index contributed by atoms with van der Waals surface area (Å²) in [6.45, 7) is 1.70. The Labute approximate surface area is 81.4 Å². The average Bonchev–Trinajstić information content (AvgIpc) is 2.37. The third kappa shape index (κ3) is 2.75. The minimum absolute atomic E-state index is 0.194. The molecule has 1 rings (SSSR count). The summed E-state index contributed by atoms with van der Waals surface area (Å²) in [6, 6.07) is 1.90. The predicted octanol–water partition coefficient (Wildman–Crippen LogP) is 1.83. The van der Waals surface area contributed by atoms with Crippen molar-refractivity contribution in [1.29, 1.82) is 0 Å². The number of nitrogens with zero attached hydrogens (tertiary/aromatic N) is 1. The van der Waals surface area contributed by atoms with Crippen molar-refractivity contribution in [1.82, 2.24) is 4.90 Å². The zero-order valence-corrected chi connectivity index (χ0v) is 8.53. The molecule has 1 aromatic rings. The van der Waals surface area contributed by atoms with Crippen LogP contribution >= 0.6 is 22.9 Å². The maximum absolute atomic E-state index is 8.66. The standard InChI is InChI=1S/C8H12ClNOS/c1-10(3-4-11)6-8-7(9)2-5-12-8/h2,5,11H,3-4,6H2,1H3. The first kappa shape index (κ1) is 9.99. The van der Waals surface area contributed by atoms with E-state index in [1.165, 1.54) is 0 Å². The van der Waals surface area contributed by atoms with E-state index in [2.05, 4.69) is 0 Å². The lowest BCUT2D eigenvalue weighted by Gasteiger charge is -2.13. The van der Waals surface area contributed by atoms with Crippen LogP contribution in [0.15, 0.2) is 11.4 Å². The number of hydrogen-bond acceptors (Lipinski definition) is 3. The van der Waals surface area contributed by atoms with E-state index in [1.54, 1.807) is 11.3 Å². The maximum atomic E-state index is 8.66. The highest BCUT2D eigenvalue weighted by Crippen LogP contribution is 2.22. The topological polar surface area (TPSA) is 23.5 Å². The Bertz CT molecular complexity index is 239. The van der Waals surface area contributed by atoms with Crippen LogP contribution in [-0.2, 0) is 6.54 Å². The number of rotatable bonds is 4. The summed E-state index contributed by atoms with van der Waals surface area (Å²) in [5.74, 6) is 0. The first-order chi connectivity index (χ1) is 5.74. The fraction of sp³-hybridized carbons (Fsp3) is 0.500. The molecular weight excluding hydrogens is 194 g/mol. The summed E-state index contributed by atoms with van der Waals surface area (Å²) in [5.41, 5.74) is 0. The summed E-state index contributed by atoms with van der Waals surface area (Å²) in [5, 5.41) is 11.5. The van der Waals surface area contributed by atoms with E-state index >= 15 is 0 Å². The average molecular weight is 206 g/mol. The van der Waals surface area contributed by atoms with Gasteiger partial charge in [0.1, 0.15) is 0 Å². The van der Waals surface area contributed by atoms with Gasteiger partial charge >= 0.3 is 0 Å². The van der Waals surface area contributed by atoms with Crippen LogP contribution in [0.25, 0.3) is 0 Å². The third-order valence-electron chi connectivity index (χ3n) is 1.59. The molecular formula is C8H12ClNOS. The molecule has 1 aromatic heterocycles. The maximum Gasteiger partial charge on any atom is 0.0558 e. The molecule has 1 heterocycles. The molecule has 0 spiro atoms. The lowest BCUT2D eigenvalue weighted by molar-refractivity contribution is 0.218. The highest BCUT2D eigenvalue weighted by atomic mass is 35.5. The highest BCUT2D eigenvalue weighted by molar-refractivity contribution is 7.10. The molecule has 0 amide bonds. The van der Waals surface area contributed by atoms with Gasteiger partial charge in [0.2, 0.25) is 0 Å². The van der Waals surface area contributed by atoms with Crippen LogP contribution in [-0.4, -0.2) is 30.2 Å². The second kappa shape index (κ2) is 4.82. The quantitative estimate of drug-likeness (QED) is 0.811. The normalized spacial score (nSPS) is 11.0. The molecule has 0 atom stereocenters. The summed E-state index contributed by atoms with van der Waals surface area (Å²) in [7, 11) is 1.96. The lowest BCUT2D eigenvalue weighted by atomic mass is 10.4. The Balaban J connectivity index is 2.46. The molecule has 0 saturated heterocycles. The number of aliphatic hydroxyl groups excluding tert-OH is 1. The van der Waals surface area contributed by atoms with Gasteiger partial charge in [-0.05, 0) is 18.5 Å². The first-order valence-electron chi connectivity index (χ1n) is 3.75. The van der Waals surface area contributed by atoms with Crippen LogP contribution in [0.5, 0.6) is 0 Å². The molecule has 0 aromatic carbocycles. The van der Waals surface area contributed by atoms with Gasteiger partial charge in [-0.3, -0.25) is 4.90 Å². The molecule has 4 heteroatoms. The van der Waals surface area contributed by atoms with Crippen molar-refractivity contribution in [2.24, 2.45) is 0 Å². The number of aliphatic hydroxyl groups is 1. The van der Waals surface area contributed by atoms with Gasteiger partial charge in [-0.15, -0.1) is 11.3 Å². The molecule has 0 aliphatic carbocycles. The van der Waals surface area contributed by atoms with Crippen LogP contribution in [0.1, 0.15) is 4.88 Å². The Morgan fingerprint density at radius 2 is 2.42 bits per heavy atom. The van der Waals surface area contributed by atoms with Gasteiger partial charge in [0.25, 0.3) is 0 Å². The van der Waals surface area contributed by atoms with Gasteiger partial charge in [0.15, 0.2) is 0 Å². The van der Waals surface area contributed by atoms with Crippen molar-refractivity contribution < 1.29 is 5.11 Å². The highest BCUT2D eigenvalue weighted by Gasteiger charge is 2.04. The molecule has 2 nitrogen and oxygen atoms in total. The SMILES string of the molecule is CN(CCO)Cc1sccc1Cl. The second-order valence-corrected chi connectivity index (χ2v) is 4.06. The molecule has 1 N–H and O–H groups in total. The fourth-order valence-corrected chi connectivity index (χ4v) is 2.11. The molecule has 0 saturated carbocycles. The molecule has 0 unspecified atom stereocenters. The largest absolute Gasteiger partial charge is 0.395 e. The van der Waals surface area contributed by atoms with E-state index in [0.29, 0.717) is 6.54 Å². The summed E-state index contributed by atoms with van der Waals surface area (Å²) in [4.78, 5) is 3.20. The van der Waals surface area contributed by atoms with Gasteiger partial charge in [-0.1, -0.05) is 11.6 Å². The molecule has 0 bridgehead atoms. The number of thiophene rings is 1. The zero-order chi connectivity index (χ0) is 8.97. The third-order valence-corrected chi connectivity index (χ3v) is 2.96. The van der Waals surface area contributed by atoms with Crippen LogP contribution in [0.3, 0.4) is 0 Å². The van der Waals surface area contributed by atoms with Crippen molar-refractivity contribution in [3.05, 3.63) is 21.3 Å². The Hall–Kier alpha value is -0.0900. The fourth-order valence-electron chi connectivity index (χ4n) is 0.933. The van der Waals surface area contributed by atoms with Gasteiger partial charge in [-0.2, -0.15) is 0 Å². The number of likely N-dealkylation sites (N-methyl/N-ethyl adjacent to an activating group) is 1. The number of hydrogen-bond donors (Lipinski definition) is 1. The summed E-state index contributed by atoms with van der Waals surface area (Å²) >= 11 is 7.55. The van der Waals surface area contributed by atoms with Crippen molar-refractivity contribution in [2.75, 3.05) is 20.2 Å².